The number of hydrogen-bond acceptors (Lipinski definition) is 2. The lowest BCUT2D eigenvalue weighted by molar-refractivity contribution is 1.28. The molecule has 0 spiro atoms. The summed E-state index contributed by atoms with van der Waals surface area (Å²) >= 11 is 12.0. The fourth-order valence-corrected chi connectivity index (χ4v) is 2.31. The Morgan fingerprint density at radius 3 is 2.78 bits per heavy atom. The lowest BCUT2D eigenvalue weighted by Crippen LogP contribution is -1.82. The van der Waals surface area contributed by atoms with Crippen LogP contribution in [0.5, 0.6) is 0 Å². The van der Waals surface area contributed by atoms with Crippen LogP contribution < -0.4 is 0 Å². The predicted octanol–water partition coefficient (Wildman–Crippen LogP) is 4.24. The van der Waals surface area contributed by atoms with E-state index in [1.165, 1.54) is 0 Å². The van der Waals surface area contributed by atoms with Crippen LogP contribution in [0.2, 0.25) is 10.0 Å². The van der Waals surface area contributed by atoms with Crippen LogP contribution in [0.4, 0.5) is 0 Å². The first-order valence-electron chi connectivity index (χ1n) is 5.41. The molecule has 0 bridgehead atoms. The minimum atomic E-state index is 0.568. The molecule has 1 N–H and O–H groups in total. The van der Waals surface area contributed by atoms with E-state index in [0.717, 1.165) is 16.6 Å². The highest BCUT2D eigenvalue weighted by Crippen LogP contribution is 2.29. The third-order valence-electron chi connectivity index (χ3n) is 2.66. The van der Waals surface area contributed by atoms with Gasteiger partial charge < -0.3 is 4.98 Å². The van der Waals surface area contributed by atoms with Crippen molar-refractivity contribution < 1.29 is 0 Å². The molecule has 3 aromatic rings. The number of hydrogen-bond donors (Lipinski definition) is 1. The SMILES string of the molecule is Cc1cnc2nc(-c3ccc(Cl)cc3Cl)[nH]c2c1. The second-order valence-corrected chi connectivity index (χ2v) is 4.94. The Morgan fingerprint density at radius 2 is 2.00 bits per heavy atom. The Morgan fingerprint density at radius 1 is 1.17 bits per heavy atom. The Labute approximate surface area is 114 Å². The van der Waals surface area contributed by atoms with E-state index in [1.54, 1.807) is 18.3 Å². The summed E-state index contributed by atoms with van der Waals surface area (Å²) in [6, 6.07) is 7.33. The minimum absolute atomic E-state index is 0.568. The number of nitrogens with one attached hydrogen (secondary N) is 1. The standard InChI is InChI=1S/C13H9Cl2N3/c1-7-4-11-13(16-6-7)18-12(17-11)9-3-2-8(14)5-10(9)15/h2-6H,1H3,(H,16,17,18). The molecule has 3 rings (SSSR count). The molecule has 0 radical (unpaired) electrons. The Bertz CT molecular complexity index is 734. The van der Waals surface area contributed by atoms with Gasteiger partial charge in [-0.25, -0.2) is 9.97 Å². The first kappa shape index (κ1) is 11.5. The Balaban J connectivity index is 2.19. The number of benzene rings is 1. The maximum Gasteiger partial charge on any atom is 0.178 e. The quantitative estimate of drug-likeness (QED) is 0.723. The van der Waals surface area contributed by atoms with Gasteiger partial charge in [0.15, 0.2) is 5.65 Å². The van der Waals surface area contributed by atoms with Crippen molar-refractivity contribution in [3.8, 4) is 11.4 Å². The van der Waals surface area contributed by atoms with Crippen LogP contribution in [0.3, 0.4) is 0 Å². The summed E-state index contributed by atoms with van der Waals surface area (Å²) in [6.45, 7) is 1.99. The normalized spacial score (nSPS) is 11.1. The summed E-state index contributed by atoms with van der Waals surface area (Å²) in [5.74, 6) is 0.699. The number of aryl methyl sites for hydroxylation is 1. The molecule has 5 heteroatoms. The molecule has 0 aliphatic carbocycles. The molecule has 2 aromatic heterocycles. The first-order chi connectivity index (χ1) is 8.63. The van der Waals surface area contributed by atoms with Crippen molar-refractivity contribution in [1.29, 1.82) is 0 Å². The van der Waals surface area contributed by atoms with Crippen LogP contribution in [0.1, 0.15) is 5.56 Å². The van der Waals surface area contributed by atoms with Gasteiger partial charge in [0.2, 0.25) is 0 Å². The van der Waals surface area contributed by atoms with Crippen molar-refractivity contribution >= 4 is 34.4 Å². The number of pyridine rings is 1. The molecule has 0 fully saturated rings. The molecule has 18 heavy (non-hydrogen) atoms. The topological polar surface area (TPSA) is 41.6 Å². The molecule has 0 atom stereocenters. The number of halogens is 2. The highest BCUT2D eigenvalue weighted by Gasteiger charge is 2.10. The van der Waals surface area contributed by atoms with E-state index < -0.39 is 0 Å². The van der Waals surface area contributed by atoms with Crippen LogP contribution >= 0.6 is 23.2 Å². The smallest absolute Gasteiger partial charge is 0.178 e. The number of nitrogens with zero attached hydrogens (tertiary/aromatic N) is 2. The molecule has 0 saturated carbocycles. The van der Waals surface area contributed by atoms with Crippen LogP contribution in [0.25, 0.3) is 22.6 Å². The Hall–Kier alpha value is -1.58. The largest absolute Gasteiger partial charge is 0.337 e. The average molecular weight is 278 g/mol. The first-order valence-corrected chi connectivity index (χ1v) is 6.17. The number of H-pyrrole nitrogens is 1. The predicted molar refractivity (Wildman–Crippen MR) is 74.1 cm³/mol. The summed E-state index contributed by atoms with van der Waals surface area (Å²) < 4.78 is 0. The van der Waals surface area contributed by atoms with Crippen molar-refractivity contribution in [3.05, 3.63) is 46.1 Å². The maximum atomic E-state index is 6.16. The molecule has 0 aliphatic rings. The molecular formula is C13H9Cl2N3. The van der Waals surface area contributed by atoms with E-state index in [2.05, 4.69) is 15.0 Å². The zero-order chi connectivity index (χ0) is 12.7. The molecule has 0 saturated heterocycles. The van der Waals surface area contributed by atoms with Gasteiger partial charge >= 0.3 is 0 Å². The maximum absolute atomic E-state index is 6.16. The van der Waals surface area contributed by atoms with E-state index in [4.69, 9.17) is 23.2 Å². The average Bonchev–Trinajstić information content (AvgIpc) is 2.71. The van der Waals surface area contributed by atoms with E-state index in [9.17, 15) is 0 Å². The van der Waals surface area contributed by atoms with Crippen molar-refractivity contribution in [2.24, 2.45) is 0 Å². The summed E-state index contributed by atoms with van der Waals surface area (Å²) in [5, 5.41) is 1.17. The van der Waals surface area contributed by atoms with E-state index in [-0.39, 0.29) is 0 Å². The van der Waals surface area contributed by atoms with Crippen molar-refractivity contribution in [2.45, 2.75) is 6.92 Å². The highest BCUT2D eigenvalue weighted by molar-refractivity contribution is 6.36. The molecule has 0 amide bonds. The summed E-state index contributed by atoms with van der Waals surface area (Å²) in [5.41, 5.74) is 3.48. The number of aromatic amines is 1. The number of imidazole rings is 1. The fourth-order valence-electron chi connectivity index (χ4n) is 1.81. The molecule has 2 heterocycles. The van der Waals surface area contributed by atoms with Gasteiger partial charge in [0.05, 0.1) is 10.5 Å². The molecule has 3 nitrogen and oxygen atoms in total. The molecule has 90 valence electrons. The van der Waals surface area contributed by atoms with Gasteiger partial charge in [-0.2, -0.15) is 0 Å². The second kappa shape index (κ2) is 4.26. The van der Waals surface area contributed by atoms with Crippen molar-refractivity contribution in [2.75, 3.05) is 0 Å². The monoisotopic (exact) mass is 277 g/mol. The van der Waals surface area contributed by atoms with Gasteiger partial charge in [-0.1, -0.05) is 23.2 Å². The number of fused-ring (bicyclic) bond motifs is 1. The van der Waals surface area contributed by atoms with Gasteiger partial charge in [0.1, 0.15) is 5.82 Å². The van der Waals surface area contributed by atoms with Gasteiger partial charge in [-0.05, 0) is 36.8 Å². The summed E-state index contributed by atoms with van der Waals surface area (Å²) in [7, 11) is 0. The Kier molecular flexibility index (Phi) is 2.73. The number of rotatable bonds is 1. The molecule has 1 aromatic carbocycles. The molecule has 0 aliphatic heterocycles. The van der Waals surface area contributed by atoms with E-state index in [0.29, 0.717) is 21.5 Å². The fraction of sp³-hybridized carbons (Fsp3) is 0.0769. The van der Waals surface area contributed by atoms with Gasteiger partial charge in [0, 0.05) is 16.8 Å². The van der Waals surface area contributed by atoms with E-state index in [1.807, 2.05) is 19.1 Å². The third-order valence-corrected chi connectivity index (χ3v) is 3.21. The number of aromatic nitrogens is 3. The minimum Gasteiger partial charge on any atom is -0.337 e. The van der Waals surface area contributed by atoms with E-state index >= 15 is 0 Å². The van der Waals surface area contributed by atoms with Gasteiger partial charge in [-0.15, -0.1) is 0 Å². The van der Waals surface area contributed by atoms with Crippen LogP contribution in [0, 0.1) is 6.92 Å². The zero-order valence-corrected chi connectivity index (χ0v) is 11.0. The van der Waals surface area contributed by atoms with Crippen LogP contribution in [0.15, 0.2) is 30.5 Å². The van der Waals surface area contributed by atoms with Crippen LogP contribution in [-0.4, -0.2) is 15.0 Å². The highest BCUT2D eigenvalue weighted by atomic mass is 35.5. The second-order valence-electron chi connectivity index (χ2n) is 4.09. The lowest BCUT2D eigenvalue weighted by atomic mass is 10.2. The van der Waals surface area contributed by atoms with Crippen molar-refractivity contribution in [3.63, 3.8) is 0 Å². The summed E-state index contributed by atoms with van der Waals surface area (Å²) in [6.07, 6.45) is 1.79. The lowest BCUT2D eigenvalue weighted by Gasteiger charge is -2.00. The third kappa shape index (κ3) is 1.96. The zero-order valence-electron chi connectivity index (χ0n) is 9.54. The van der Waals surface area contributed by atoms with Crippen molar-refractivity contribution in [1.82, 2.24) is 15.0 Å². The van der Waals surface area contributed by atoms with Gasteiger partial charge in [0.25, 0.3) is 0 Å². The molecular weight excluding hydrogens is 269 g/mol. The van der Waals surface area contributed by atoms with Crippen LogP contribution in [-0.2, 0) is 0 Å². The van der Waals surface area contributed by atoms with Gasteiger partial charge in [-0.3, -0.25) is 0 Å². The summed E-state index contributed by atoms with van der Waals surface area (Å²) in [4.78, 5) is 11.9. The molecule has 0 unspecified atom stereocenters.